The van der Waals surface area contributed by atoms with Gasteiger partial charge in [0.1, 0.15) is 0 Å². The van der Waals surface area contributed by atoms with E-state index < -0.39 is 0 Å². The first-order valence-corrected chi connectivity index (χ1v) is 5.78. The van der Waals surface area contributed by atoms with Crippen LogP contribution in [0.4, 0.5) is 5.69 Å². The van der Waals surface area contributed by atoms with Crippen molar-refractivity contribution in [2.24, 2.45) is 0 Å². The summed E-state index contributed by atoms with van der Waals surface area (Å²) in [6.07, 6.45) is 1.44. The summed E-state index contributed by atoms with van der Waals surface area (Å²) in [5.74, 6) is -0.329. The molecule has 0 radical (unpaired) electrons. The molecule has 0 bridgehead atoms. The van der Waals surface area contributed by atoms with Crippen molar-refractivity contribution in [2.45, 2.75) is 13.8 Å². The van der Waals surface area contributed by atoms with E-state index in [4.69, 9.17) is 4.74 Å². The zero-order valence-corrected chi connectivity index (χ0v) is 10.9. The first kappa shape index (κ1) is 12.8. The van der Waals surface area contributed by atoms with Gasteiger partial charge in [0.15, 0.2) is 0 Å². The van der Waals surface area contributed by atoms with Crippen LogP contribution >= 0.6 is 15.9 Å². The molecule has 0 atom stereocenters. The summed E-state index contributed by atoms with van der Waals surface area (Å²) in [5.41, 5.74) is 1.68. The third kappa shape index (κ3) is 4.49. The average molecular weight is 284 g/mol. The lowest BCUT2D eigenvalue weighted by Crippen LogP contribution is -2.04. The maximum Gasteiger partial charge on any atom is 0.332 e. The topological polar surface area (TPSA) is 38.3 Å². The van der Waals surface area contributed by atoms with Gasteiger partial charge < -0.3 is 10.1 Å². The summed E-state index contributed by atoms with van der Waals surface area (Å²) in [6, 6.07) is 7.71. The Kier molecular flexibility index (Phi) is 5.05. The molecule has 0 aliphatic carbocycles. The first-order chi connectivity index (χ1) is 7.61. The molecule has 0 amide bonds. The maximum atomic E-state index is 11.2. The lowest BCUT2D eigenvalue weighted by molar-refractivity contribution is -0.137. The number of benzene rings is 1. The number of rotatable bonds is 4. The molecular weight excluding hydrogens is 270 g/mol. The second-order valence-corrected chi connectivity index (χ2v) is 4.13. The fourth-order valence-electron chi connectivity index (χ4n) is 1.16. The molecule has 0 aliphatic heterocycles. The quantitative estimate of drug-likeness (QED) is 0.681. The van der Waals surface area contributed by atoms with E-state index in [0.29, 0.717) is 6.61 Å². The summed E-state index contributed by atoms with van der Waals surface area (Å²) in [6.45, 7) is 3.99. The number of halogens is 1. The van der Waals surface area contributed by atoms with Crippen LogP contribution in [0.15, 0.2) is 40.5 Å². The molecule has 0 saturated carbocycles. The zero-order chi connectivity index (χ0) is 12.0. The van der Waals surface area contributed by atoms with Crippen LogP contribution in [0.2, 0.25) is 0 Å². The summed E-state index contributed by atoms with van der Waals surface area (Å²) >= 11 is 3.36. The number of nitrogens with one attached hydrogen (secondary N) is 1. The van der Waals surface area contributed by atoms with Crippen molar-refractivity contribution >= 4 is 27.6 Å². The number of carbonyl (C=O) groups is 1. The lowest BCUT2D eigenvalue weighted by atomic mass is 10.3. The highest BCUT2D eigenvalue weighted by atomic mass is 79.9. The van der Waals surface area contributed by atoms with Gasteiger partial charge in [0.2, 0.25) is 0 Å². The van der Waals surface area contributed by atoms with Gasteiger partial charge in [-0.3, -0.25) is 0 Å². The van der Waals surface area contributed by atoms with Gasteiger partial charge in [-0.05, 0) is 38.1 Å². The van der Waals surface area contributed by atoms with Crippen molar-refractivity contribution in [1.82, 2.24) is 0 Å². The van der Waals surface area contributed by atoms with E-state index in [1.807, 2.05) is 31.2 Å². The molecule has 1 rings (SSSR count). The summed E-state index contributed by atoms with van der Waals surface area (Å²) in [5, 5.41) is 3.10. The Bertz CT molecular complexity index is 385. The van der Waals surface area contributed by atoms with Gasteiger partial charge in [-0.2, -0.15) is 0 Å². The third-order valence-electron chi connectivity index (χ3n) is 1.81. The Morgan fingerprint density at radius 1 is 1.44 bits per heavy atom. The number of carbonyl (C=O) groups excluding carboxylic acids is 1. The molecule has 86 valence electrons. The van der Waals surface area contributed by atoms with Crippen molar-refractivity contribution in [1.29, 1.82) is 0 Å². The number of hydrogen-bond donors (Lipinski definition) is 1. The molecule has 16 heavy (non-hydrogen) atoms. The number of hydrogen-bond acceptors (Lipinski definition) is 3. The van der Waals surface area contributed by atoms with E-state index in [9.17, 15) is 4.79 Å². The van der Waals surface area contributed by atoms with Gasteiger partial charge in [-0.15, -0.1) is 0 Å². The van der Waals surface area contributed by atoms with E-state index in [1.165, 1.54) is 6.08 Å². The standard InChI is InChI=1S/C12H14BrNO2/c1-3-16-12(15)8-9(2)14-11-6-4-10(13)5-7-11/h4-8,14H,3H2,1-2H3/b9-8-. The van der Waals surface area contributed by atoms with Crippen LogP contribution in [0.5, 0.6) is 0 Å². The zero-order valence-electron chi connectivity index (χ0n) is 9.29. The lowest BCUT2D eigenvalue weighted by Gasteiger charge is -2.06. The molecule has 0 aliphatic rings. The Labute approximate surface area is 104 Å². The molecule has 3 nitrogen and oxygen atoms in total. The van der Waals surface area contributed by atoms with Crippen LogP contribution in [0.1, 0.15) is 13.8 Å². The van der Waals surface area contributed by atoms with Crippen molar-refractivity contribution in [3.63, 3.8) is 0 Å². The average Bonchev–Trinajstić information content (AvgIpc) is 2.21. The predicted octanol–water partition coefficient (Wildman–Crippen LogP) is 3.33. The first-order valence-electron chi connectivity index (χ1n) is 4.99. The predicted molar refractivity (Wildman–Crippen MR) is 68.2 cm³/mol. The molecule has 0 heterocycles. The Morgan fingerprint density at radius 2 is 2.06 bits per heavy atom. The van der Waals surface area contributed by atoms with Crippen LogP contribution in [0.3, 0.4) is 0 Å². The van der Waals surface area contributed by atoms with Crippen LogP contribution in [-0.4, -0.2) is 12.6 Å². The van der Waals surface area contributed by atoms with E-state index in [2.05, 4.69) is 21.2 Å². The van der Waals surface area contributed by atoms with E-state index in [1.54, 1.807) is 6.92 Å². The highest BCUT2D eigenvalue weighted by Gasteiger charge is 1.98. The molecule has 0 fully saturated rings. The molecule has 1 N–H and O–H groups in total. The molecule has 0 spiro atoms. The smallest absolute Gasteiger partial charge is 0.332 e. The van der Waals surface area contributed by atoms with E-state index >= 15 is 0 Å². The van der Waals surface area contributed by atoms with Crippen LogP contribution in [0, 0.1) is 0 Å². The number of anilines is 1. The van der Waals surface area contributed by atoms with Crippen molar-refractivity contribution in [3.8, 4) is 0 Å². The van der Waals surface area contributed by atoms with Gasteiger partial charge in [-0.1, -0.05) is 15.9 Å². The monoisotopic (exact) mass is 283 g/mol. The van der Waals surface area contributed by atoms with Crippen molar-refractivity contribution in [3.05, 3.63) is 40.5 Å². The molecule has 0 unspecified atom stereocenters. The molecule has 1 aromatic rings. The third-order valence-corrected chi connectivity index (χ3v) is 2.34. The summed E-state index contributed by atoms with van der Waals surface area (Å²) < 4.78 is 5.83. The van der Waals surface area contributed by atoms with Gasteiger partial charge in [0.25, 0.3) is 0 Å². The Hall–Kier alpha value is -1.29. The Balaban J connectivity index is 2.60. The van der Waals surface area contributed by atoms with Gasteiger partial charge in [-0.25, -0.2) is 4.79 Å². The minimum absolute atomic E-state index is 0.329. The van der Waals surface area contributed by atoms with Gasteiger partial charge >= 0.3 is 5.97 Å². The summed E-state index contributed by atoms with van der Waals surface area (Å²) in [4.78, 5) is 11.2. The fourth-order valence-corrected chi connectivity index (χ4v) is 1.42. The number of ether oxygens (including phenoxy) is 1. The summed E-state index contributed by atoms with van der Waals surface area (Å²) in [7, 11) is 0. The molecular formula is C12H14BrNO2. The minimum Gasteiger partial charge on any atom is -0.463 e. The number of allylic oxidation sites excluding steroid dienone is 1. The molecule has 4 heteroatoms. The van der Waals surface area contributed by atoms with E-state index in [-0.39, 0.29) is 5.97 Å². The maximum absolute atomic E-state index is 11.2. The Morgan fingerprint density at radius 3 is 2.62 bits per heavy atom. The van der Waals surface area contributed by atoms with Crippen molar-refractivity contribution < 1.29 is 9.53 Å². The van der Waals surface area contributed by atoms with Crippen molar-refractivity contribution in [2.75, 3.05) is 11.9 Å². The van der Waals surface area contributed by atoms with Crippen LogP contribution in [0.25, 0.3) is 0 Å². The normalized spacial score (nSPS) is 11.1. The van der Waals surface area contributed by atoms with E-state index in [0.717, 1.165) is 15.9 Å². The second kappa shape index (κ2) is 6.33. The SMILES string of the molecule is CCOC(=O)/C=C(/C)Nc1ccc(Br)cc1. The van der Waals surface area contributed by atoms with Gasteiger partial charge in [0, 0.05) is 21.9 Å². The number of esters is 1. The largest absolute Gasteiger partial charge is 0.463 e. The molecule has 0 saturated heterocycles. The second-order valence-electron chi connectivity index (χ2n) is 3.21. The van der Waals surface area contributed by atoms with Gasteiger partial charge in [0.05, 0.1) is 6.61 Å². The molecule has 1 aromatic carbocycles. The minimum atomic E-state index is -0.329. The molecule has 0 aromatic heterocycles. The van der Waals surface area contributed by atoms with Crippen LogP contribution in [-0.2, 0) is 9.53 Å². The van der Waals surface area contributed by atoms with Crippen LogP contribution < -0.4 is 5.32 Å². The highest BCUT2D eigenvalue weighted by molar-refractivity contribution is 9.10. The fraction of sp³-hybridized carbons (Fsp3) is 0.250. The highest BCUT2D eigenvalue weighted by Crippen LogP contribution is 2.15.